The van der Waals surface area contributed by atoms with E-state index in [1.807, 2.05) is 0 Å². The SMILES string of the molecule is CC1=CC(=NS(=O)(=O)c2ccccc2)C(Br)C(C)(Br)C1=O. The van der Waals surface area contributed by atoms with Crippen molar-refractivity contribution in [1.29, 1.82) is 0 Å². The van der Waals surface area contributed by atoms with Gasteiger partial charge in [-0.15, -0.1) is 0 Å². The average Bonchev–Trinajstić information content (AvgIpc) is 2.44. The Bertz CT molecular complexity index is 737. The Kier molecular flexibility index (Phi) is 4.56. The number of alkyl halides is 2. The highest BCUT2D eigenvalue weighted by atomic mass is 79.9. The zero-order chi connectivity index (χ0) is 15.8. The highest BCUT2D eigenvalue weighted by Crippen LogP contribution is 2.36. The van der Waals surface area contributed by atoms with E-state index in [0.29, 0.717) is 11.3 Å². The van der Waals surface area contributed by atoms with Crippen molar-refractivity contribution in [3.63, 3.8) is 0 Å². The molecule has 0 heterocycles. The number of Topliss-reactive ketones (excluding diaryl/α,β-unsaturated/α-hetero) is 1. The molecule has 0 amide bonds. The highest BCUT2D eigenvalue weighted by molar-refractivity contribution is 9.13. The first kappa shape index (κ1) is 16.6. The molecule has 0 fully saturated rings. The molecule has 0 N–H and O–H groups in total. The van der Waals surface area contributed by atoms with Crippen LogP contribution in [0.15, 0.2) is 51.3 Å². The molecule has 0 aliphatic heterocycles. The maximum absolute atomic E-state index is 12.3. The summed E-state index contributed by atoms with van der Waals surface area (Å²) in [4.78, 5) is 11.7. The molecule has 0 spiro atoms. The topological polar surface area (TPSA) is 63.6 Å². The van der Waals surface area contributed by atoms with Crippen molar-refractivity contribution < 1.29 is 13.2 Å². The fourth-order valence-corrected chi connectivity index (χ4v) is 4.16. The van der Waals surface area contributed by atoms with Gasteiger partial charge in [-0.2, -0.15) is 12.8 Å². The van der Waals surface area contributed by atoms with Crippen LogP contribution in [0.25, 0.3) is 0 Å². The van der Waals surface area contributed by atoms with Crippen LogP contribution in [0.5, 0.6) is 0 Å². The molecule has 2 unspecified atom stereocenters. The molecule has 0 saturated carbocycles. The lowest BCUT2D eigenvalue weighted by atomic mass is 9.88. The van der Waals surface area contributed by atoms with E-state index >= 15 is 0 Å². The van der Waals surface area contributed by atoms with Gasteiger partial charge in [0.15, 0.2) is 5.78 Å². The van der Waals surface area contributed by atoms with E-state index in [1.54, 1.807) is 32.0 Å². The van der Waals surface area contributed by atoms with Gasteiger partial charge in [0.25, 0.3) is 10.0 Å². The van der Waals surface area contributed by atoms with Crippen molar-refractivity contribution in [2.24, 2.45) is 4.40 Å². The lowest BCUT2D eigenvalue weighted by Gasteiger charge is -2.31. The second-order valence-electron chi connectivity index (χ2n) is 4.90. The maximum atomic E-state index is 12.3. The van der Waals surface area contributed by atoms with Gasteiger partial charge >= 0.3 is 0 Å². The molecular weight excluding hydrogens is 422 g/mol. The molecule has 0 aromatic heterocycles. The molecule has 0 bridgehead atoms. The minimum atomic E-state index is -3.80. The molecule has 4 nitrogen and oxygen atoms in total. The first-order chi connectivity index (χ1) is 9.66. The van der Waals surface area contributed by atoms with Gasteiger partial charge in [-0.1, -0.05) is 50.1 Å². The Labute approximate surface area is 140 Å². The molecule has 0 saturated heterocycles. The van der Waals surface area contributed by atoms with Gasteiger partial charge in [-0.05, 0) is 37.6 Å². The quantitative estimate of drug-likeness (QED) is 0.671. The molecule has 7 heteroatoms. The second kappa shape index (κ2) is 5.78. The number of halogens is 2. The summed E-state index contributed by atoms with van der Waals surface area (Å²) in [7, 11) is -3.80. The number of carbonyl (C=O) groups is 1. The van der Waals surface area contributed by atoms with Gasteiger partial charge in [-0.3, -0.25) is 4.79 Å². The van der Waals surface area contributed by atoms with Crippen molar-refractivity contribution >= 4 is 53.4 Å². The highest BCUT2D eigenvalue weighted by Gasteiger charge is 2.44. The van der Waals surface area contributed by atoms with E-state index in [9.17, 15) is 13.2 Å². The van der Waals surface area contributed by atoms with E-state index in [2.05, 4.69) is 36.3 Å². The molecule has 1 aromatic carbocycles. The summed E-state index contributed by atoms with van der Waals surface area (Å²) in [5, 5.41) is 0. The second-order valence-corrected chi connectivity index (χ2v) is 9.07. The molecular formula is C14H13Br2NO3S. The summed E-state index contributed by atoms with van der Waals surface area (Å²) in [5.41, 5.74) is 0.766. The average molecular weight is 435 g/mol. The summed E-state index contributed by atoms with van der Waals surface area (Å²) in [6.07, 6.45) is 1.51. The molecule has 21 heavy (non-hydrogen) atoms. The summed E-state index contributed by atoms with van der Waals surface area (Å²) in [6.45, 7) is 3.33. The molecule has 1 aromatic rings. The number of rotatable bonds is 2. The predicted molar refractivity (Wildman–Crippen MR) is 89.9 cm³/mol. The Morgan fingerprint density at radius 3 is 2.38 bits per heavy atom. The molecule has 1 aliphatic rings. The number of allylic oxidation sites excluding steroid dienone is 2. The first-order valence-electron chi connectivity index (χ1n) is 6.12. The van der Waals surface area contributed by atoms with Crippen LogP contribution in [-0.2, 0) is 14.8 Å². The van der Waals surface area contributed by atoms with E-state index in [0.717, 1.165) is 0 Å². The largest absolute Gasteiger partial charge is 0.293 e. The molecule has 1 aliphatic carbocycles. The Morgan fingerprint density at radius 1 is 1.24 bits per heavy atom. The monoisotopic (exact) mass is 433 g/mol. The number of benzene rings is 1. The number of sulfonamides is 1. The summed E-state index contributed by atoms with van der Waals surface area (Å²) in [6, 6.07) is 7.98. The third-order valence-corrected chi connectivity index (χ3v) is 7.30. The van der Waals surface area contributed by atoms with Crippen molar-refractivity contribution in [2.75, 3.05) is 0 Å². The van der Waals surface area contributed by atoms with Crippen LogP contribution in [0.3, 0.4) is 0 Å². The Hall–Kier alpha value is -0.790. The lowest BCUT2D eigenvalue weighted by molar-refractivity contribution is -0.117. The van der Waals surface area contributed by atoms with Crippen LogP contribution in [0.2, 0.25) is 0 Å². The maximum Gasteiger partial charge on any atom is 0.282 e. The van der Waals surface area contributed by atoms with Gasteiger partial charge in [0.2, 0.25) is 0 Å². The number of nitrogens with zero attached hydrogens (tertiary/aromatic N) is 1. The standard InChI is InChI=1S/C14H13Br2NO3S/c1-9-8-11(12(15)14(2,16)13(9)18)17-21(19,20)10-6-4-3-5-7-10/h3-8,12H,1-2H3. The molecule has 0 radical (unpaired) electrons. The minimum Gasteiger partial charge on any atom is -0.293 e. The summed E-state index contributed by atoms with van der Waals surface area (Å²) >= 11 is 6.72. The third-order valence-electron chi connectivity index (χ3n) is 3.17. The minimum absolute atomic E-state index is 0.0968. The number of carbonyl (C=O) groups excluding carboxylic acids is 1. The number of hydrogen-bond donors (Lipinski definition) is 0. The van der Waals surface area contributed by atoms with Crippen LogP contribution in [0, 0.1) is 0 Å². The molecule has 112 valence electrons. The fourth-order valence-electron chi connectivity index (χ4n) is 2.00. The number of ketones is 1. The first-order valence-corrected chi connectivity index (χ1v) is 9.27. The fraction of sp³-hybridized carbons (Fsp3) is 0.286. The van der Waals surface area contributed by atoms with Crippen LogP contribution in [0.1, 0.15) is 13.8 Å². The van der Waals surface area contributed by atoms with E-state index in [4.69, 9.17) is 0 Å². The van der Waals surface area contributed by atoms with Crippen molar-refractivity contribution in [2.45, 2.75) is 27.9 Å². The third kappa shape index (κ3) is 3.19. The van der Waals surface area contributed by atoms with E-state index in [-0.39, 0.29) is 10.7 Å². The zero-order valence-corrected chi connectivity index (χ0v) is 15.4. The summed E-state index contributed by atoms with van der Waals surface area (Å²) < 4.78 is 27.6. The van der Waals surface area contributed by atoms with E-state index < -0.39 is 19.2 Å². The predicted octanol–water partition coefficient (Wildman–Crippen LogP) is 3.26. The van der Waals surface area contributed by atoms with Crippen molar-refractivity contribution in [1.82, 2.24) is 0 Å². The molecule has 2 rings (SSSR count). The van der Waals surface area contributed by atoms with Gasteiger partial charge in [0.1, 0.15) is 4.32 Å². The van der Waals surface area contributed by atoms with Gasteiger partial charge in [-0.25, -0.2) is 0 Å². The van der Waals surface area contributed by atoms with Crippen LogP contribution >= 0.6 is 31.9 Å². The van der Waals surface area contributed by atoms with Gasteiger partial charge < -0.3 is 0 Å². The van der Waals surface area contributed by atoms with E-state index in [1.165, 1.54) is 18.2 Å². The zero-order valence-electron chi connectivity index (χ0n) is 11.4. The normalized spacial score (nSPS) is 28.6. The smallest absolute Gasteiger partial charge is 0.282 e. The summed E-state index contributed by atoms with van der Waals surface area (Å²) in [5.74, 6) is -0.0968. The van der Waals surface area contributed by atoms with Crippen LogP contribution in [-0.4, -0.2) is 29.1 Å². The molecule has 2 atom stereocenters. The van der Waals surface area contributed by atoms with Gasteiger partial charge in [0, 0.05) is 0 Å². The van der Waals surface area contributed by atoms with Crippen molar-refractivity contribution in [3.05, 3.63) is 42.0 Å². The lowest BCUT2D eigenvalue weighted by Crippen LogP contribution is -2.46. The number of hydrogen-bond acceptors (Lipinski definition) is 3. The van der Waals surface area contributed by atoms with Gasteiger partial charge in [0.05, 0.1) is 15.4 Å². The Balaban J connectivity index is 2.53. The Morgan fingerprint density at radius 2 is 1.81 bits per heavy atom. The van der Waals surface area contributed by atoms with Crippen LogP contribution in [0.4, 0.5) is 0 Å². The van der Waals surface area contributed by atoms with Crippen LogP contribution < -0.4 is 0 Å². The van der Waals surface area contributed by atoms with Crippen molar-refractivity contribution in [3.8, 4) is 0 Å².